The Morgan fingerprint density at radius 3 is 2.58 bits per heavy atom. The second kappa shape index (κ2) is 14.4. The molecule has 2 aliphatic rings. The summed E-state index contributed by atoms with van der Waals surface area (Å²) in [5, 5.41) is 24.9. The lowest BCUT2D eigenvalue weighted by Crippen LogP contribution is -2.65. The molecule has 1 aliphatic heterocycles. The lowest BCUT2D eigenvalue weighted by Gasteiger charge is -2.53. The van der Waals surface area contributed by atoms with Gasteiger partial charge in [0.1, 0.15) is 36.0 Å². The maximum Gasteiger partial charge on any atom is 0.433 e. The predicted octanol–water partition coefficient (Wildman–Crippen LogP) is 6.43. The van der Waals surface area contributed by atoms with Gasteiger partial charge in [0.15, 0.2) is 0 Å². The number of aliphatic hydroxyl groups is 1. The average Bonchev–Trinajstić information content (AvgIpc) is 3.72. The molecule has 50 heavy (non-hydrogen) atoms. The lowest BCUT2D eigenvalue weighted by molar-refractivity contribution is -0.141. The number of hydrogen-bond donors (Lipinski definition) is 1. The molecule has 0 amide bonds. The van der Waals surface area contributed by atoms with E-state index in [0.29, 0.717) is 44.6 Å². The number of hydrogen-bond acceptors (Lipinski definition) is 9. The minimum atomic E-state index is -4.61. The molecule has 5 heterocycles. The zero-order chi connectivity index (χ0) is 35.7. The van der Waals surface area contributed by atoms with Gasteiger partial charge >= 0.3 is 6.18 Å². The van der Waals surface area contributed by atoms with E-state index in [0.717, 1.165) is 53.8 Å². The molecule has 15 heteroatoms. The van der Waals surface area contributed by atoms with Gasteiger partial charge in [-0.2, -0.15) is 23.5 Å². The Bertz CT molecular complexity index is 1820. The van der Waals surface area contributed by atoms with Gasteiger partial charge in [0, 0.05) is 75.7 Å². The highest BCUT2D eigenvalue weighted by atomic mass is 28.3. The van der Waals surface area contributed by atoms with Crippen molar-refractivity contribution in [1.82, 2.24) is 34.2 Å². The summed E-state index contributed by atoms with van der Waals surface area (Å²) >= 11 is 0. The first kappa shape index (κ1) is 36.0. The van der Waals surface area contributed by atoms with Crippen molar-refractivity contribution in [2.24, 2.45) is 0 Å². The average molecular weight is 711 g/mol. The Kier molecular flexibility index (Phi) is 10.4. The number of nitrogens with zero attached hydrogens (tertiary/aromatic N) is 8. The quantitative estimate of drug-likeness (QED) is 0.123. The number of ether oxygens (including phenoxy) is 2. The summed E-state index contributed by atoms with van der Waals surface area (Å²) in [5.74, 6) is -0.533. The standard InChI is InChI=1S/C35H45F3N8O3Si/c1-24(19-47)25-15-30(35(36,37)38)43-31(16-25)49-28-7-5-27(6-8-28)45-20-34(21-45,10-11-39)46-18-26(17-42-46)32-29-9-12-44(33(29)41-22-40-32)23-48-13-14-50(2,3)4/h9,12,15-18,22,24,27-28,47H,5-8,10,13-14,19-21,23H2,1-4H3. The number of alkyl halides is 3. The molecule has 0 spiro atoms. The maximum atomic E-state index is 13.5. The van der Waals surface area contributed by atoms with Gasteiger partial charge in [-0.15, -0.1) is 0 Å². The molecule has 0 aromatic carbocycles. The molecule has 1 atom stereocenters. The molecule has 1 unspecified atom stereocenters. The molecule has 6 rings (SSSR count). The first-order valence-electron chi connectivity index (χ1n) is 17.2. The number of aliphatic hydroxyl groups excluding tert-OH is 1. The summed E-state index contributed by atoms with van der Waals surface area (Å²) in [7, 11) is -1.18. The van der Waals surface area contributed by atoms with Gasteiger partial charge < -0.3 is 19.1 Å². The fraction of sp³-hybridized carbons (Fsp3) is 0.571. The van der Waals surface area contributed by atoms with Gasteiger partial charge in [-0.3, -0.25) is 9.58 Å². The van der Waals surface area contributed by atoms with Gasteiger partial charge in [-0.1, -0.05) is 26.6 Å². The maximum absolute atomic E-state index is 13.5. The summed E-state index contributed by atoms with van der Waals surface area (Å²) in [4.78, 5) is 15.2. The van der Waals surface area contributed by atoms with E-state index >= 15 is 0 Å². The van der Waals surface area contributed by atoms with E-state index in [1.54, 1.807) is 19.4 Å². The minimum absolute atomic E-state index is 0.0617. The van der Waals surface area contributed by atoms with Crippen molar-refractivity contribution in [3.63, 3.8) is 0 Å². The van der Waals surface area contributed by atoms with Crippen LogP contribution in [0.4, 0.5) is 13.2 Å². The number of nitriles is 1. The topological polar surface area (TPSA) is 127 Å². The number of rotatable bonds is 13. The molecule has 1 saturated carbocycles. The van der Waals surface area contributed by atoms with Crippen molar-refractivity contribution in [2.45, 2.75) is 101 Å². The highest BCUT2D eigenvalue weighted by Gasteiger charge is 2.48. The molecule has 268 valence electrons. The number of pyridine rings is 1. The molecule has 0 bridgehead atoms. The van der Waals surface area contributed by atoms with Crippen LogP contribution in [0.2, 0.25) is 25.7 Å². The lowest BCUT2D eigenvalue weighted by atomic mass is 9.82. The predicted molar refractivity (Wildman–Crippen MR) is 184 cm³/mol. The number of fused-ring (bicyclic) bond motifs is 1. The van der Waals surface area contributed by atoms with E-state index in [1.807, 2.05) is 27.7 Å². The van der Waals surface area contributed by atoms with Crippen molar-refractivity contribution in [1.29, 1.82) is 5.26 Å². The summed E-state index contributed by atoms with van der Waals surface area (Å²) < 4.78 is 56.4. The Morgan fingerprint density at radius 1 is 1.14 bits per heavy atom. The number of halogens is 3. The molecule has 4 aromatic heterocycles. The van der Waals surface area contributed by atoms with Crippen LogP contribution in [-0.2, 0) is 23.2 Å². The Labute approximate surface area is 291 Å². The third-order valence-electron chi connectivity index (χ3n) is 9.93. The van der Waals surface area contributed by atoms with Gasteiger partial charge in [0.05, 0.1) is 24.4 Å². The second-order valence-electron chi connectivity index (χ2n) is 15.0. The van der Waals surface area contributed by atoms with E-state index in [1.165, 1.54) is 6.07 Å². The second-order valence-corrected chi connectivity index (χ2v) is 20.6. The molecule has 2 fully saturated rings. The minimum Gasteiger partial charge on any atom is -0.474 e. The SMILES string of the molecule is CC(CO)c1cc(OC2CCC(N3CC(CC#N)(n4cc(-c5ncnc6c5ccn6COCC[Si](C)(C)C)cn4)C3)CC2)nc(C(F)(F)F)c1. The molecule has 4 aromatic rings. The number of aromatic nitrogens is 6. The van der Waals surface area contributed by atoms with Gasteiger partial charge in [0.25, 0.3) is 0 Å². The molecule has 11 nitrogen and oxygen atoms in total. The van der Waals surface area contributed by atoms with Crippen molar-refractivity contribution < 1.29 is 27.8 Å². The summed E-state index contributed by atoms with van der Waals surface area (Å²) in [6.07, 6.45) is 5.70. The van der Waals surface area contributed by atoms with E-state index in [4.69, 9.17) is 14.6 Å². The van der Waals surface area contributed by atoms with Crippen LogP contribution in [-0.4, -0.2) is 85.8 Å². The van der Waals surface area contributed by atoms with Gasteiger partial charge in [-0.05, 0) is 49.4 Å². The Balaban J connectivity index is 1.08. The zero-order valence-corrected chi connectivity index (χ0v) is 30.0. The van der Waals surface area contributed by atoms with Crippen LogP contribution in [0.3, 0.4) is 0 Å². The van der Waals surface area contributed by atoms with Crippen molar-refractivity contribution in [2.75, 3.05) is 26.3 Å². The van der Waals surface area contributed by atoms with E-state index < -0.39 is 31.4 Å². The van der Waals surface area contributed by atoms with Gasteiger partial charge in [0.2, 0.25) is 5.88 Å². The fourth-order valence-corrected chi connectivity index (χ4v) is 7.61. The van der Waals surface area contributed by atoms with Crippen LogP contribution in [0, 0.1) is 11.3 Å². The highest BCUT2D eigenvalue weighted by Crippen LogP contribution is 2.39. The fourth-order valence-electron chi connectivity index (χ4n) is 6.86. The van der Waals surface area contributed by atoms with Crippen molar-refractivity contribution in [3.8, 4) is 23.2 Å². The van der Waals surface area contributed by atoms with E-state index in [-0.39, 0.29) is 24.6 Å². The van der Waals surface area contributed by atoms with Crippen LogP contribution in [0.25, 0.3) is 22.3 Å². The van der Waals surface area contributed by atoms with Crippen LogP contribution < -0.4 is 4.74 Å². The summed E-state index contributed by atoms with van der Waals surface area (Å²) in [6, 6.07) is 8.20. The van der Waals surface area contributed by atoms with Crippen molar-refractivity contribution >= 4 is 19.1 Å². The smallest absolute Gasteiger partial charge is 0.433 e. The Hall–Kier alpha value is -3.84. The normalized spacial score (nSPS) is 20.4. The first-order chi connectivity index (χ1) is 23.8. The third kappa shape index (κ3) is 7.88. The first-order valence-corrected chi connectivity index (χ1v) is 20.9. The van der Waals surface area contributed by atoms with Crippen LogP contribution in [0.1, 0.15) is 56.2 Å². The third-order valence-corrected chi connectivity index (χ3v) is 11.6. The van der Waals surface area contributed by atoms with Crippen LogP contribution in [0.15, 0.2) is 43.1 Å². The van der Waals surface area contributed by atoms with E-state index in [9.17, 15) is 23.5 Å². The van der Waals surface area contributed by atoms with Gasteiger partial charge in [-0.25, -0.2) is 15.0 Å². The molecule has 0 radical (unpaired) electrons. The van der Waals surface area contributed by atoms with E-state index in [2.05, 4.69) is 45.6 Å². The summed E-state index contributed by atoms with van der Waals surface area (Å²) in [6.45, 7) is 10.8. The monoisotopic (exact) mass is 710 g/mol. The Morgan fingerprint density at radius 2 is 1.90 bits per heavy atom. The largest absolute Gasteiger partial charge is 0.474 e. The molecular formula is C35H45F3N8O3Si. The molecule has 1 aliphatic carbocycles. The number of likely N-dealkylation sites (tertiary alicyclic amines) is 1. The van der Waals surface area contributed by atoms with Crippen LogP contribution >= 0.6 is 0 Å². The summed E-state index contributed by atoms with van der Waals surface area (Å²) in [5.41, 5.74) is 1.27. The molecule has 1 saturated heterocycles. The molecule has 1 N–H and O–H groups in total. The van der Waals surface area contributed by atoms with Crippen LogP contribution in [0.5, 0.6) is 5.88 Å². The zero-order valence-electron chi connectivity index (χ0n) is 29.0. The molecular weight excluding hydrogens is 666 g/mol. The highest BCUT2D eigenvalue weighted by molar-refractivity contribution is 6.76. The van der Waals surface area contributed by atoms with Crippen molar-refractivity contribution in [3.05, 3.63) is 54.4 Å².